The van der Waals surface area contributed by atoms with Crippen molar-refractivity contribution >= 4 is 0 Å². The van der Waals surface area contributed by atoms with Crippen LogP contribution in [0, 0.1) is 13.8 Å². The van der Waals surface area contributed by atoms with E-state index in [1.54, 1.807) is 6.20 Å². The minimum atomic E-state index is 0.414. The van der Waals surface area contributed by atoms with E-state index >= 15 is 0 Å². The number of nitrogens with zero attached hydrogens (tertiary/aromatic N) is 1. The van der Waals surface area contributed by atoms with Crippen molar-refractivity contribution in [3.8, 4) is 11.7 Å². The minimum Gasteiger partial charge on any atom is -0.425 e. The van der Waals surface area contributed by atoms with E-state index in [4.69, 9.17) is 9.15 Å². The van der Waals surface area contributed by atoms with Gasteiger partial charge in [-0.3, -0.25) is 0 Å². The molecule has 0 bridgehead atoms. The molecule has 1 aromatic heterocycles. The molecule has 2 aromatic rings. The molecule has 72 valence electrons. The molecule has 0 N–H and O–H groups in total. The summed E-state index contributed by atoms with van der Waals surface area (Å²) in [5, 5.41) is 0. The van der Waals surface area contributed by atoms with Gasteiger partial charge >= 0.3 is 5.95 Å². The summed E-state index contributed by atoms with van der Waals surface area (Å²) in [4.78, 5) is 3.77. The van der Waals surface area contributed by atoms with Gasteiger partial charge in [0.2, 0.25) is 0 Å². The van der Waals surface area contributed by atoms with E-state index in [9.17, 15) is 0 Å². The van der Waals surface area contributed by atoms with Crippen LogP contribution in [0.15, 0.2) is 35.2 Å². The van der Waals surface area contributed by atoms with E-state index in [1.807, 2.05) is 26.0 Å². The molecule has 0 fully saturated rings. The first-order chi connectivity index (χ1) is 6.75. The van der Waals surface area contributed by atoms with Gasteiger partial charge in [0.05, 0.1) is 0 Å². The van der Waals surface area contributed by atoms with E-state index < -0.39 is 0 Å². The lowest BCUT2D eigenvalue weighted by Gasteiger charge is -2.05. The molecule has 3 heteroatoms. The number of benzene rings is 1. The van der Waals surface area contributed by atoms with Crippen molar-refractivity contribution < 1.29 is 9.15 Å². The van der Waals surface area contributed by atoms with Gasteiger partial charge in [0.15, 0.2) is 6.39 Å². The van der Waals surface area contributed by atoms with E-state index in [-0.39, 0.29) is 0 Å². The van der Waals surface area contributed by atoms with Crippen molar-refractivity contribution in [3.63, 3.8) is 0 Å². The van der Waals surface area contributed by atoms with Crippen LogP contribution in [-0.4, -0.2) is 4.98 Å². The van der Waals surface area contributed by atoms with E-state index in [1.165, 1.54) is 12.0 Å². The van der Waals surface area contributed by atoms with E-state index in [0.29, 0.717) is 5.95 Å². The Bertz CT molecular complexity index is 421. The Balaban J connectivity index is 2.25. The van der Waals surface area contributed by atoms with Crippen LogP contribution in [0.25, 0.3) is 0 Å². The fourth-order valence-corrected chi connectivity index (χ4v) is 1.28. The van der Waals surface area contributed by atoms with Crippen LogP contribution in [-0.2, 0) is 0 Å². The molecule has 3 nitrogen and oxygen atoms in total. The lowest BCUT2D eigenvalue weighted by Crippen LogP contribution is -1.86. The van der Waals surface area contributed by atoms with Gasteiger partial charge in [0.1, 0.15) is 11.9 Å². The monoisotopic (exact) mass is 189 g/mol. The topological polar surface area (TPSA) is 35.3 Å². The third-order valence-electron chi connectivity index (χ3n) is 1.95. The molecule has 2 rings (SSSR count). The normalized spacial score (nSPS) is 10.1. The van der Waals surface area contributed by atoms with Crippen LogP contribution in [0.4, 0.5) is 0 Å². The Hall–Kier alpha value is -1.77. The van der Waals surface area contributed by atoms with Crippen molar-refractivity contribution in [1.82, 2.24) is 4.98 Å². The maximum absolute atomic E-state index is 5.47. The molecule has 0 aliphatic heterocycles. The zero-order valence-electron chi connectivity index (χ0n) is 8.15. The van der Waals surface area contributed by atoms with Gasteiger partial charge in [-0.2, -0.15) is 0 Å². The van der Waals surface area contributed by atoms with E-state index in [2.05, 4.69) is 11.1 Å². The number of aryl methyl sites for hydroxylation is 2. The Labute approximate surface area is 82.3 Å². The van der Waals surface area contributed by atoms with Crippen molar-refractivity contribution in [2.24, 2.45) is 0 Å². The van der Waals surface area contributed by atoms with Gasteiger partial charge in [-0.05, 0) is 25.5 Å². The van der Waals surface area contributed by atoms with Crippen LogP contribution < -0.4 is 4.74 Å². The molecule has 0 saturated heterocycles. The SMILES string of the molecule is Cc1ccc(Oc2cnco2)c(C)c1. The van der Waals surface area contributed by atoms with Crippen molar-refractivity contribution in [2.45, 2.75) is 13.8 Å². The largest absolute Gasteiger partial charge is 0.425 e. The Kier molecular flexibility index (Phi) is 2.23. The van der Waals surface area contributed by atoms with Gasteiger partial charge in [0.25, 0.3) is 0 Å². The second-order valence-electron chi connectivity index (χ2n) is 3.19. The summed E-state index contributed by atoms with van der Waals surface area (Å²) in [5.41, 5.74) is 2.30. The second kappa shape index (κ2) is 3.54. The predicted octanol–water partition coefficient (Wildman–Crippen LogP) is 3.08. The van der Waals surface area contributed by atoms with Gasteiger partial charge in [-0.1, -0.05) is 17.7 Å². The first kappa shape index (κ1) is 8.81. The Morgan fingerprint density at radius 1 is 1.29 bits per heavy atom. The third-order valence-corrected chi connectivity index (χ3v) is 1.95. The summed E-state index contributed by atoms with van der Waals surface area (Å²) in [6.07, 6.45) is 2.89. The molecule has 1 heterocycles. The molecule has 0 saturated carbocycles. The first-order valence-electron chi connectivity index (χ1n) is 4.39. The minimum absolute atomic E-state index is 0.414. The summed E-state index contributed by atoms with van der Waals surface area (Å²) >= 11 is 0. The molecule has 1 aromatic carbocycles. The number of hydrogen-bond acceptors (Lipinski definition) is 3. The molecule has 0 atom stereocenters. The summed E-state index contributed by atoms with van der Waals surface area (Å²) in [6.45, 7) is 4.05. The standard InChI is InChI=1S/C11H11NO2/c1-8-3-4-10(9(2)5-8)14-11-6-12-7-13-11/h3-7H,1-2H3. The first-order valence-corrected chi connectivity index (χ1v) is 4.39. The predicted molar refractivity (Wildman–Crippen MR) is 52.5 cm³/mol. The number of aromatic nitrogens is 1. The quantitative estimate of drug-likeness (QED) is 0.728. The fraction of sp³-hybridized carbons (Fsp3) is 0.182. The molecule has 0 aliphatic rings. The number of ether oxygens (including phenoxy) is 1. The Morgan fingerprint density at radius 2 is 2.14 bits per heavy atom. The van der Waals surface area contributed by atoms with Crippen molar-refractivity contribution in [3.05, 3.63) is 41.9 Å². The molecular weight excluding hydrogens is 178 g/mol. The maximum atomic E-state index is 5.47. The average molecular weight is 189 g/mol. The van der Waals surface area contributed by atoms with Crippen LogP contribution >= 0.6 is 0 Å². The van der Waals surface area contributed by atoms with Crippen molar-refractivity contribution in [1.29, 1.82) is 0 Å². The van der Waals surface area contributed by atoms with Crippen LogP contribution in [0.5, 0.6) is 11.7 Å². The van der Waals surface area contributed by atoms with E-state index in [0.717, 1.165) is 11.3 Å². The smallest absolute Gasteiger partial charge is 0.310 e. The zero-order valence-corrected chi connectivity index (χ0v) is 8.15. The van der Waals surface area contributed by atoms with Gasteiger partial charge < -0.3 is 9.15 Å². The highest BCUT2D eigenvalue weighted by Gasteiger charge is 2.03. The second-order valence-corrected chi connectivity index (χ2v) is 3.19. The van der Waals surface area contributed by atoms with Crippen LogP contribution in [0.3, 0.4) is 0 Å². The van der Waals surface area contributed by atoms with Gasteiger partial charge in [-0.25, -0.2) is 4.98 Å². The highest BCUT2D eigenvalue weighted by atomic mass is 16.6. The molecule has 14 heavy (non-hydrogen) atoms. The van der Waals surface area contributed by atoms with Crippen molar-refractivity contribution in [2.75, 3.05) is 0 Å². The lowest BCUT2D eigenvalue weighted by atomic mass is 10.1. The molecule has 0 spiro atoms. The average Bonchev–Trinajstić information content (AvgIpc) is 2.62. The number of oxazole rings is 1. The number of rotatable bonds is 2. The van der Waals surface area contributed by atoms with Crippen LogP contribution in [0.2, 0.25) is 0 Å². The highest BCUT2D eigenvalue weighted by Crippen LogP contribution is 2.24. The van der Waals surface area contributed by atoms with Gasteiger partial charge in [0, 0.05) is 0 Å². The number of hydrogen-bond donors (Lipinski definition) is 0. The molecule has 0 unspecified atom stereocenters. The summed E-state index contributed by atoms with van der Waals surface area (Å²) in [6, 6.07) is 5.98. The molecule has 0 amide bonds. The fourth-order valence-electron chi connectivity index (χ4n) is 1.28. The summed E-state index contributed by atoms with van der Waals surface area (Å²) < 4.78 is 10.5. The Morgan fingerprint density at radius 3 is 2.79 bits per heavy atom. The van der Waals surface area contributed by atoms with Crippen LogP contribution in [0.1, 0.15) is 11.1 Å². The maximum Gasteiger partial charge on any atom is 0.310 e. The molecule has 0 aliphatic carbocycles. The van der Waals surface area contributed by atoms with Gasteiger partial charge in [-0.15, -0.1) is 0 Å². The molecular formula is C11H11NO2. The summed E-state index contributed by atoms with van der Waals surface area (Å²) in [5.74, 6) is 1.21. The lowest BCUT2D eigenvalue weighted by molar-refractivity contribution is 0.344. The zero-order chi connectivity index (χ0) is 9.97. The third kappa shape index (κ3) is 1.76. The summed E-state index contributed by atoms with van der Waals surface area (Å²) in [7, 11) is 0. The molecule has 0 radical (unpaired) electrons. The highest BCUT2D eigenvalue weighted by molar-refractivity contribution is 5.37.